The largest absolute Gasteiger partial charge is 0.465 e. The van der Waals surface area contributed by atoms with Gasteiger partial charge in [-0.15, -0.1) is 0 Å². The Morgan fingerprint density at radius 2 is 1.76 bits per heavy atom. The number of aliphatic imine (C=N–C) groups is 1. The molecule has 4 rings (SSSR count). The van der Waals surface area contributed by atoms with E-state index in [1.165, 1.54) is 30.0 Å². The van der Waals surface area contributed by atoms with E-state index >= 15 is 0 Å². The summed E-state index contributed by atoms with van der Waals surface area (Å²) in [7, 11) is 3.07. The number of hydrogen-bond donors (Lipinski definition) is 0. The van der Waals surface area contributed by atoms with Crippen molar-refractivity contribution in [1.29, 1.82) is 0 Å². The number of likely N-dealkylation sites (N-methyl/N-ethyl adjacent to an activating group) is 1. The molecule has 7 heteroatoms. The van der Waals surface area contributed by atoms with E-state index in [1.54, 1.807) is 36.2 Å². The number of thioether (sulfide) groups is 1. The first-order valence-electron chi connectivity index (χ1n) is 10.9. The highest BCUT2D eigenvalue weighted by molar-refractivity contribution is 8.18. The van der Waals surface area contributed by atoms with Crippen molar-refractivity contribution in [1.82, 2.24) is 9.47 Å². The molecule has 3 aromatic rings. The fourth-order valence-corrected chi connectivity index (χ4v) is 4.95. The number of benzene rings is 2. The molecule has 34 heavy (non-hydrogen) atoms. The average molecular weight is 474 g/mol. The fourth-order valence-electron chi connectivity index (χ4n) is 3.98. The number of aromatic nitrogens is 1. The van der Waals surface area contributed by atoms with Crippen molar-refractivity contribution in [3.8, 4) is 5.69 Å². The highest BCUT2D eigenvalue weighted by Crippen LogP contribution is 2.35. The number of amidine groups is 1. The topological polar surface area (TPSA) is 63.9 Å². The third kappa shape index (κ3) is 4.31. The molecule has 1 fully saturated rings. The molecule has 1 aliphatic rings. The summed E-state index contributed by atoms with van der Waals surface area (Å²) in [4.78, 5) is 31.4. The van der Waals surface area contributed by atoms with Gasteiger partial charge >= 0.3 is 5.97 Å². The van der Waals surface area contributed by atoms with Crippen LogP contribution in [0.2, 0.25) is 0 Å². The zero-order chi connectivity index (χ0) is 24.6. The van der Waals surface area contributed by atoms with Gasteiger partial charge in [-0.25, -0.2) is 9.79 Å². The molecule has 1 saturated heterocycles. The van der Waals surface area contributed by atoms with Gasteiger partial charge in [0.2, 0.25) is 0 Å². The van der Waals surface area contributed by atoms with Crippen LogP contribution < -0.4 is 0 Å². The van der Waals surface area contributed by atoms with Crippen LogP contribution in [-0.2, 0) is 9.53 Å². The summed E-state index contributed by atoms with van der Waals surface area (Å²) in [6.07, 6.45) is 1.94. The fraction of sp³-hybridized carbons (Fsp3) is 0.222. The molecular formula is C27H27N3O3S. The minimum absolute atomic E-state index is 0.0912. The Hall–Kier alpha value is -3.58. The smallest absolute Gasteiger partial charge is 0.337 e. The molecule has 1 amide bonds. The van der Waals surface area contributed by atoms with Crippen molar-refractivity contribution in [2.24, 2.45) is 4.99 Å². The lowest BCUT2D eigenvalue weighted by Gasteiger charge is -2.14. The molecule has 1 aliphatic heterocycles. The van der Waals surface area contributed by atoms with E-state index in [1.807, 2.05) is 6.08 Å². The maximum Gasteiger partial charge on any atom is 0.337 e. The van der Waals surface area contributed by atoms with Gasteiger partial charge in [-0.05, 0) is 98.6 Å². The van der Waals surface area contributed by atoms with Crippen molar-refractivity contribution in [2.75, 3.05) is 14.2 Å². The van der Waals surface area contributed by atoms with Gasteiger partial charge in [-0.2, -0.15) is 0 Å². The van der Waals surface area contributed by atoms with E-state index in [-0.39, 0.29) is 5.91 Å². The summed E-state index contributed by atoms with van der Waals surface area (Å²) in [5, 5.41) is 0.588. The maximum absolute atomic E-state index is 13.0. The molecule has 0 unspecified atom stereocenters. The molecule has 0 saturated carbocycles. The third-order valence-electron chi connectivity index (χ3n) is 6.09. The molecule has 0 N–H and O–H groups in total. The van der Waals surface area contributed by atoms with Gasteiger partial charge in [0.1, 0.15) is 0 Å². The van der Waals surface area contributed by atoms with Crippen molar-refractivity contribution in [3.63, 3.8) is 0 Å². The lowest BCUT2D eigenvalue weighted by molar-refractivity contribution is -0.121. The second-order valence-electron chi connectivity index (χ2n) is 8.29. The van der Waals surface area contributed by atoms with Gasteiger partial charge in [0, 0.05) is 24.1 Å². The highest BCUT2D eigenvalue weighted by atomic mass is 32.2. The zero-order valence-corrected chi connectivity index (χ0v) is 21.0. The van der Waals surface area contributed by atoms with E-state index in [0.29, 0.717) is 21.3 Å². The normalized spacial score (nSPS) is 16.1. The number of carbonyl (C=O) groups excluding carboxylic acids is 2. The molecule has 2 aromatic carbocycles. The van der Waals surface area contributed by atoms with Crippen molar-refractivity contribution < 1.29 is 14.3 Å². The Bertz CT molecular complexity index is 1350. The molecule has 0 aliphatic carbocycles. The Kier molecular flexibility index (Phi) is 6.48. The number of aryl methyl sites for hydroxylation is 2. The molecule has 2 heterocycles. The third-order valence-corrected chi connectivity index (χ3v) is 7.15. The van der Waals surface area contributed by atoms with Crippen LogP contribution >= 0.6 is 11.8 Å². The van der Waals surface area contributed by atoms with E-state index in [2.05, 4.69) is 61.5 Å². The number of rotatable bonds is 4. The van der Waals surface area contributed by atoms with E-state index < -0.39 is 5.97 Å². The number of hydrogen-bond acceptors (Lipinski definition) is 5. The minimum atomic E-state index is -0.398. The molecule has 6 nitrogen and oxygen atoms in total. The summed E-state index contributed by atoms with van der Waals surface area (Å²) in [5.41, 5.74) is 7.95. The first kappa shape index (κ1) is 23.6. The molecule has 174 valence electrons. The second kappa shape index (κ2) is 9.35. The van der Waals surface area contributed by atoms with Crippen LogP contribution in [0.5, 0.6) is 0 Å². The summed E-state index contributed by atoms with van der Waals surface area (Å²) in [6.45, 7) is 8.40. The van der Waals surface area contributed by atoms with E-state index in [4.69, 9.17) is 4.74 Å². The van der Waals surface area contributed by atoms with Crippen molar-refractivity contribution in [3.05, 3.63) is 87.1 Å². The molecule has 0 atom stereocenters. The van der Waals surface area contributed by atoms with Crippen molar-refractivity contribution >= 4 is 40.6 Å². The number of ether oxygens (including phenoxy) is 1. The van der Waals surface area contributed by atoms with Gasteiger partial charge in [0.25, 0.3) is 5.91 Å². The number of amides is 1. The summed E-state index contributed by atoms with van der Waals surface area (Å²) < 4.78 is 6.97. The Morgan fingerprint density at radius 1 is 1.06 bits per heavy atom. The van der Waals surface area contributed by atoms with Gasteiger partial charge in [-0.3, -0.25) is 9.69 Å². The lowest BCUT2D eigenvalue weighted by Crippen LogP contribution is -2.23. The van der Waals surface area contributed by atoms with Crippen LogP contribution in [0, 0.1) is 27.7 Å². The second-order valence-corrected chi connectivity index (χ2v) is 9.30. The predicted octanol–water partition coefficient (Wildman–Crippen LogP) is 5.73. The first-order chi connectivity index (χ1) is 16.2. The number of carbonyl (C=O) groups is 2. The number of methoxy groups -OCH3 is 1. The summed E-state index contributed by atoms with van der Waals surface area (Å²) in [6, 6.07) is 15.2. The molecule has 0 radical (unpaired) electrons. The minimum Gasteiger partial charge on any atom is -0.465 e. The Labute approximate surface area is 203 Å². The Morgan fingerprint density at radius 3 is 2.44 bits per heavy atom. The van der Waals surface area contributed by atoms with E-state index in [0.717, 1.165) is 22.6 Å². The van der Waals surface area contributed by atoms with E-state index in [9.17, 15) is 9.59 Å². The summed E-state index contributed by atoms with van der Waals surface area (Å²) in [5.74, 6) is -0.489. The molecule has 0 spiro atoms. The van der Waals surface area contributed by atoms with Gasteiger partial charge in [0.05, 0.1) is 23.3 Å². The molecule has 1 aromatic heterocycles. The number of esters is 1. The van der Waals surface area contributed by atoms with Gasteiger partial charge < -0.3 is 9.30 Å². The van der Waals surface area contributed by atoms with Gasteiger partial charge in [-0.1, -0.05) is 12.1 Å². The summed E-state index contributed by atoms with van der Waals surface area (Å²) >= 11 is 1.34. The Balaban J connectivity index is 1.65. The SMILES string of the molecule is COC(=O)c1ccc(N=C2SC(=Cc3cc(C)n(-c4cccc(C)c4C)c3C)C(=O)N2C)cc1. The van der Waals surface area contributed by atoms with Crippen LogP contribution in [0.15, 0.2) is 58.4 Å². The van der Waals surface area contributed by atoms with Crippen molar-refractivity contribution in [2.45, 2.75) is 27.7 Å². The average Bonchev–Trinajstić information content (AvgIpc) is 3.25. The van der Waals surface area contributed by atoms with Crippen LogP contribution in [0.25, 0.3) is 11.8 Å². The molecule has 0 bridgehead atoms. The molecular weight excluding hydrogens is 446 g/mol. The monoisotopic (exact) mass is 473 g/mol. The van der Waals surface area contributed by atoms with Crippen LogP contribution in [0.1, 0.15) is 38.4 Å². The number of nitrogens with zero attached hydrogens (tertiary/aromatic N) is 3. The quantitative estimate of drug-likeness (QED) is 0.359. The predicted molar refractivity (Wildman–Crippen MR) is 138 cm³/mol. The van der Waals surface area contributed by atoms with Crippen LogP contribution in [0.3, 0.4) is 0 Å². The van der Waals surface area contributed by atoms with Crippen LogP contribution in [0.4, 0.5) is 5.69 Å². The lowest BCUT2D eigenvalue weighted by atomic mass is 10.1. The van der Waals surface area contributed by atoms with Gasteiger partial charge in [0.15, 0.2) is 5.17 Å². The highest BCUT2D eigenvalue weighted by Gasteiger charge is 2.31. The standard InChI is InChI=1S/C27H27N3O3S/c1-16-8-7-9-23(18(16)3)30-17(2)14-21(19(30)4)15-24-25(31)29(5)27(34-24)28-22-12-10-20(11-13-22)26(32)33-6/h7-15H,1-6H3. The van der Waals surface area contributed by atoms with Crippen LogP contribution in [-0.4, -0.2) is 40.7 Å². The zero-order valence-electron chi connectivity index (χ0n) is 20.2. The maximum atomic E-state index is 13.0. The first-order valence-corrected chi connectivity index (χ1v) is 11.7.